The highest BCUT2D eigenvalue weighted by Crippen LogP contribution is 2.14. The summed E-state index contributed by atoms with van der Waals surface area (Å²) >= 11 is 0. The Labute approximate surface area is 425 Å². The second-order valence-electron chi connectivity index (χ2n) is 18.5. The fraction of sp³-hybridized carbons (Fsp3) is 0.667. The van der Waals surface area contributed by atoms with Crippen LogP contribution in [0, 0.1) is 0 Å². The summed E-state index contributed by atoms with van der Waals surface area (Å²) in [6, 6.07) is 0. The van der Waals surface area contributed by atoms with Gasteiger partial charge in [0.2, 0.25) is 0 Å². The Hall–Kier alpha value is -3.93. The summed E-state index contributed by atoms with van der Waals surface area (Å²) in [4.78, 5) is 38.1. The van der Waals surface area contributed by atoms with Gasteiger partial charge in [-0.15, -0.1) is 0 Å². The summed E-state index contributed by atoms with van der Waals surface area (Å²) < 4.78 is 16.8. The number of allylic oxidation sites excluding steroid dienone is 18. The van der Waals surface area contributed by atoms with Gasteiger partial charge < -0.3 is 14.2 Å². The van der Waals surface area contributed by atoms with Gasteiger partial charge in [-0.25, -0.2) is 0 Å². The third kappa shape index (κ3) is 54.9. The topological polar surface area (TPSA) is 78.9 Å². The minimum atomic E-state index is -0.818. The number of ether oxygens (including phenoxy) is 3. The van der Waals surface area contributed by atoms with Crippen LogP contribution in [0.1, 0.15) is 252 Å². The Balaban J connectivity index is 4.53. The largest absolute Gasteiger partial charge is 0.462 e. The van der Waals surface area contributed by atoms with Gasteiger partial charge in [-0.05, 0) is 109 Å². The number of esters is 3. The van der Waals surface area contributed by atoms with Crippen molar-refractivity contribution < 1.29 is 28.6 Å². The van der Waals surface area contributed by atoms with Gasteiger partial charge >= 0.3 is 17.9 Å². The first-order valence-electron chi connectivity index (χ1n) is 28.4. The van der Waals surface area contributed by atoms with Gasteiger partial charge in [0.1, 0.15) is 13.2 Å². The molecule has 0 aliphatic carbocycles. The predicted molar refractivity (Wildman–Crippen MR) is 297 cm³/mol. The van der Waals surface area contributed by atoms with E-state index >= 15 is 0 Å². The molecule has 0 aromatic heterocycles. The van der Waals surface area contributed by atoms with Crippen molar-refractivity contribution in [2.45, 2.75) is 258 Å². The molecule has 0 aliphatic heterocycles. The van der Waals surface area contributed by atoms with Crippen LogP contribution in [0.15, 0.2) is 109 Å². The van der Waals surface area contributed by atoms with Crippen LogP contribution in [0.3, 0.4) is 0 Å². The highest BCUT2D eigenvalue weighted by atomic mass is 16.6. The maximum absolute atomic E-state index is 12.9. The van der Waals surface area contributed by atoms with E-state index in [1.165, 1.54) is 116 Å². The smallest absolute Gasteiger partial charge is 0.306 e. The van der Waals surface area contributed by atoms with E-state index in [0.717, 1.165) is 89.9 Å². The lowest BCUT2D eigenvalue weighted by Crippen LogP contribution is -2.30. The lowest BCUT2D eigenvalue weighted by molar-refractivity contribution is -0.166. The third-order valence-corrected chi connectivity index (χ3v) is 11.8. The molecule has 0 amide bonds. The Kier molecular flexibility index (Phi) is 53.4. The lowest BCUT2D eigenvalue weighted by atomic mass is 10.1. The number of carbonyl (C=O) groups is 3. The molecule has 0 fully saturated rings. The molecule has 69 heavy (non-hydrogen) atoms. The maximum Gasteiger partial charge on any atom is 0.306 e. The lowest BCUT2D eigenvalue weighted by Gasteiger charge is -2.18. The van der Waals surface area contributed by atoms with Crippen LogP contribution in [0.25, 0.3) is 0 Å². The van der Waals surface area contributed by atoms with Gasteiger partial charge in [0.05, 0.1) is 0 Å². The van der Waals surface area contributed by atoms with Crippen molar-refractivity contribution in [2.24, 2.45) is 0 Å². The zero-order valence-electron chi connectivity index (χ0n) is 44.8. The van der Waals surface area contributed by atoms with E-state index in [2.05, 4.69) is 124 Å². The van der Waals surface area contributed by atoms with Gasteiger partial charge in [-0.2, -0.15) is 0 Å². The molecule has 1 atom stereocenters. The first-order chi connectivity index (χ1) is 34.0. The normalized spacial score (nSPS) is 12.9. The Morgan fingerprint density at radius 2 is 0.638 bits per heavy atom. The molecule has 0 rings (SSSR count). The zero-order chi connectivity index (χ0) is 50.0. The van der Waals surface area contributed by atoms with Crippen molar-refractivity contribution in [3.63, 3.8) is 0 Å². The molecule has 0 aromatic rings. The summed E-state index contributed by atoms with van der Waals surface area (Å²) in [7, 11) is 0. The monoisotopic (exact) mass is 957 g/mol. The highest BCUT2D eigenvalue weighted by molar-refractivity contribution is 5.71. The van der Waals surface area contributed by atoms with Crippen LogP contribution < -0.4 is 0 Å². The van der Waals surface area contributed by atoms with E-state index in [1.807, 2.05) is 6.08 Å². The van der Waals surface area contributed by atoms with Crippen LogP contribution in [0.5, 0.6) is 0 Å². The Bertz CT molecular complexity index is 1420. The average molecular weight is 958 g/mol. The molecule has 0 spiro atoms. The van der Waals surface area contributed by atoms with E-state index in [4.69, 9.17) is 14.2 Å². The molecule has 0 heterocycles. The molecule has 1 unspecified atom stereocenters. The maximum atomic E-state index is 12.9. The van der Waals surface area contributed by atoms with Gasteiger partial charge in [0.15, 0.2) is 6.10 Å². The SMILES string of the molecule is CC/C=C\C/C=C\C/C=C\C/C=C\C/C=C\C/C=C\CCC(=O)OCC(COC(=O)CCCCCCCC/C=C\C=C/CCCCC)OC(=O)CCCCCCCCC/C=C\CCCCCCCC. The fourth-order valence-corrected chi connectivity index (χ4v) is 7.51. The molecule has 0 saturated heterocycles. The molecule has 0 bridgehead atoms. The summed E-state index contributed by atoms with van der Waals surface area (Å²) in [5.74, 6) is -1.01. The first-order valence-corrected chi connectivity index (χ1v) is 28.4. The quantitative estimate of drug-likeness (QED) is 0.0199. The summed E-state index contributed by atoms with van der Waals surface area (Å²) in [6.07, 6.45) is 76.5. The van der Waals surface area contributed by atoms with Crippen molar-refractivity contribution >= 4 is 17.9 Å². The van der Waals surface area contributed by atoms with E-state index in [1.54, 1.807) is 0 Å². The summed E-state index contributed by atoms with van der Waals surface area (Å²) in [6.45, 7) is 6.41. The van der Waals surface area contributed by atoms with Gasteiger partial charge in [-0.3, -0.25) is 14.4 Å². The van der Waals surface area contributed by atoms with Gasteiger partial charge in [0, 0.05) is 19.3 Å². The number of unbranched alkanes of at least 4 members (excludes halogenated alkanes) is 22. The van der Waals surface area contributed by atoms with E-state index in [-0.39, 0.29) is 37.5 Å². The van der Waals surface area contributed by atoms with Gasteiger partial charge in [-0.1, -0.05) is 233 Å². The van der Waals surface area contributed by atoms with E-state index in [0.29, 0.717) is 19.3 Å². The molecule has 0 aliphatic rings. The van der Waals surface area contributed by atoms with E-state index in [9.17, 15) is 14.4 Å². The molecule has 0 N–H and O–H groups in total. The number of rotatable bonds is 50. The summed E-state index contributed by atoms with van der Waals surface area (Å²) in [5, 5.41) is 0. The number of hydrogen-bond donors (Lipinski definition) is 0. The van der Waals surface area contributed by atoms with Crippen molar-refractivity contribution in [1.29, 1.82) is 0 Å². The highest BCUT2D eigenvalue weighted by Gasteiger charge is 2.19. The minimum Gasteiger partial charge on any atom is -0.462 e. The first kappa shape index (κ1) is 65.1. The molecule has 0 saturated carbocycles. The van der Waals surface area contributed by atoms with Gasteiger partial charge in [0.25, 0.3) is 0 Å². The molecule has 392 valence electrons. The molecular formula is C63H104O6. The van der Waals surface area contributed by atoms with E-state index < -0.39 is 6.10 Å². The second kappa shape index (κ2) is 56.7. The summed E-state index contributed by atoms with van der Waals surface area (Å²) in [5.41, 5.74) is 0. The van der Waals surface area contributed by atoms with Crippen LogP contribution in [0.2, 0.25) is 0 Å². The predicted octanol–water partition coefficient (Wildman–Crippen LogP) is 19.1. The number of hydrogen-bond acceptors (Lipinski definition) is 6. The van der Waals surface area contributed by atoms with Crippen LogP contribution >= 0.6 is 0 Å². The van der Waals surface area contributed by atoms with Crippen molar-refractivity contribution in [3.8, 4) is 0 Å². The van der Waals surface area contributed by atoms with Crippen molar-refractivity contribution in [1.82, 2.24) is 0 Å². The average Bonchev–Trinajstić information content (AvgIpc) is 3.35. The molecular weight excluding hydrogens is 853 g/mol. The Morgan fingerprint density at radius 1 is 0.319 bits per heavy atom. The van der Waals surface area contributed by atoms with Crippen molar-refractivity contribution in [2.75, 3.05) is 13.2 Å². The minimum absolute atomic E-state index is 0.110. The molecule has 0 aromatic carbocycles. The van der Waals surface area contributed by atoms with Crippen molar-refractivity contribution in [3.05, 3.63) is 109 Å². The van der Waals surface area contributed by atoms with Crippen LogP contribution in [0.4, 0.5) is 0 Å². The molecule has 6 nitrogen and oxygen atoms in total. The second-order valence-corrected chi connectivity index (χ2v) is 18.5. The molecule has 6 heteroatoms. The fourth-order valence-electron chi connectivity index (χ4n) is 7.51. The number of carbonyl (C=O) groups excluding carboxylic acids is 3. The molecule has 0 radical (unpaired) electrons. The standard InChI is InChI=1S/C63H104O6/c1-4-7-10-13-16-19-22-25-28-30-31-33-35-38-41-44-47-50-53-56-62(65)68-59-60(58-67-61(64)55-52-49-46-43-40-37-34-27-24-21-18-15-12-9-6-3)69-63(66)57-54-51-48-45-42-39-36-32-29-26-23-20-17-14-11-8-5-2/h7,10,16,18-19,21,24-29,31,33,38,41,47,50,60H,4-6,8-9,11-15,17,20,22-23,30,32,34-37,39-40,42-46,48-49,51-59H2,1-3H3/b10-7-,19-16-,21-18-,27-24-,28-25-,29-26-,33-31-,41-38-,50-47-. The van der Waals surface area contributed by atoms with Crippen LogP contribution in [-0.4, -0.2) is 37.2 Å². The zero-order valence-corrected chi connectivity index (χ0v) is 44.8. The Morgan fingerprint density at radius 3 is 1.09 bits per heavy atom. The third-order valence-electron chi connectivity index (χ3n) is 11.8. The van der Waals surface area contributed by atoms with Crippen LogP contribution in [-0.2, 0) is 28.6 Å².